The lowest BCUT2D eigenvalue weighted by molar-refractivity contribution is -0.150. The second-order valence-corrected chi connectivity index (χ2v) is 12.2. The van der Waals surface area contributed by atoms with Gasteiger partial charge in [0.2, 0.25) is 29.5 Å². The second-order valence-electron chi connectivity index (χ2n) is 12.2. The molecule has 9 heteroatoms. The van der Waals surface area contributed by atoms with Gasteiger partial charge in [-0.3, -0.25) is 28.9 Å². The van der Waals surface area contributed by atoms with Crippen LogP contribution in [-0.2, 0) is 30.4 Å². The molecule has 2 aliphatic rings. The summed E-state index contributed by atoms with van der Waals surface area (Å²) in [5, 5.41) is 8.46. The Bertz CT molecular complexity index is 1080. The number of carbonyl (C=O) groups is 5. The van der Waals surface area contributed by atoms with Gasteiger partial charge in [-0.05, 0) is 75.0 Å². The third kappa shape index (κ3) is 7.70. The van der Waals surface area contributed by atoms with Crippen molar-refractivity contribution >= 4 is 35.2 Å². The molecule has 0 aromatic heterocycles. The van der Waals surface area contributed by atoms with Gasteiger partial charge in [0.1, 0.15) is 11.5 Å². The van der Waals surface area contributed by atoms with Gasteiger partial charge in [-0.25, -0.2) is 0 Å². The first-order chi connectivity index (χ1) is 18.9. The zero-order valence-electron chi connectivity index (χ0n) is 24.7. The van der Waals surface area contributed by atoms with Crippen molar-refractivity contribution in [3.8, 4) is 0 Å². The molecule has 220 valence electrons. The maximum Gasteiger partial charge on any atom is 0.246 e. The summed E-state index contributed by atoms with van der Waals surface area (Å²) >= 11 is 0. The molecular weight excluding hydrogens is 508 g/mol. The summed E-state index contributed by atoms with van der Waals surface area (Å²) in [5.74, 6) is -0.765. The maximum atomic E-state index is 13.1. The van der Waals surface area contributed by atoms with Crippen LogP contribution in [0.1, 0.15) is 85.1 Å². The molecule has 1 heterocycles. The third-order valence-corrected chi connectivity index (χ3v) is 8.11. The predicted octanol–water partition coefficient (Wildman–Crippen LogP) is 3.82. The van der Waals surface area contributed by atoms with E-state index in [4.69, 9.17) is 0 Å². The molecule has 1 unspecified atom stereocenters. The minimum atomic E-state index is -1.15. The SMILES string of the molecule is CC(C)Cc1ccc(NC(=O)[C@H](C)NC(=O)C2(C(=O)NCCCCCN3C(=O)CC(C(C)C)C3=O)CCC2)cc1. The molecule has 9 nitrogen and oxygen atoms in total. The minimum Gasteiger partial charge on any atom is -0.355 e. The van der Waals surface area contributed by atoms with Crippen LogP contribution in [0.15, 0.2) is 24.3 Å². The monoisotopic (exact) mass is 554 g/mol. The normalized spacial score (nSPS) is 19.0. The highest BCUT2D eigenvalue weighted by Gasteiger charge is 2.51. The van der Waals surface area contributed by atoms with E-state index in [1.165, 1.54) is 10.5 Å². The van der Waals surface area contributed by atoms with E-state index < -0.39 is 17.4 Å². The van der Waals surface area contributed by atoms with E-state index in [1.807, 2.05) is 38.1 Å². The van der Waals surface area contributed by atoms with Crippen molar-refractivity contribution in [2.75, 3.05) is 18.4 Å². The summed E-state index contributed by atoms with van der Waals surface area (Å²) < 4.78 is 0. The van der Waals surface area contributed by atoms with Gasteiger partial charge in [0.25, 0.3) is 0 Å². The zero-order valence-corrected chi connectivity index (χ0v) is 24.7. The van der Waals surface area contributed by atoms with E-state index in [0.717, 1.165) is 19.3 Å². The Balaban J connectivity index is 1.40. The number of likely N-dealkylation sites (tertiary alicyclic amines) is 1. The zero-order chi connectivity index (χ0) is 29.4. The fourth-order valence-corrected chi connectivity index (χ4v) is 5.34. The van der Waals surface area contributed by atoms with Crippen LogP contribution in [0.4, 0.5) is 5.69 Å². The number of imide groups is 1. The Labute approximate surface area is 238 Å². The van der Waals surface area contributed by atoms with Crippen LogP contribution in [0.25, 0.3) is 0 Å². The van der Waals surface area contributed by atoms with Crippen molar-refractivity contribution in [2.24, 2.45) is 23.2 Å². The highest BCUT2D eigenvalue weighted by atomic mass is 16.2. The molecule has 2 fully saturated rings. The average Bonchev–Trinajstić information content (AvgIpc) is 3.14. The van der Waals surface area contributed by atoms with Gasteiger partial charge in [-0.1, -0.05) is 46.2 Å². The number of hydrogen-bond donors (Lipinski definition) is 3. The van der Waals surface area contributed by atoms with Gasteiger partial charge in [-0.15, -0.1) is 0 Å². The van der Waals surface area contributed by atoms with Crippen LogP contribution >= 0.6 is 0 Å². The van der Waals surface area contributed by atoms with Crippen LogP contribution in [0.2, 0.25) is 0 Å². The summed E-state index contributed by atoms with van der Waals surface area (Å²) in [5.41, 5.74) is 0.713. The molecule has 5 amide bonds. The molecule has 1 aromatic carbocycles. The van der Waals surface area contributed by atoms with E-state index in [-0.39, 0.29) is 35.5 Å². The first-order valence-corrected chi connectivity index (χ1v) is 14.8. The van der Waals surface area contributed by atoms with E-state index in [9.17, 15) is 24.0 Å². The molecule has 1 aliphatic carbocycles. The van der Waals surface area contributed by atoms with Gasteiger partial charge in [-0.2, -0.15) is 0 Å². The van der Waals surface area contributed by atoms with Crippen LogP contribution in [0.3, 0.4) is 0 Å². The molecule has 3 N–H and O–H groups in total. The van der Waals surface area contributed by atoms with Crippen LogP contribution < -0.4 is 16.0 Å². The quantitative estimate of drug-likeness (QED) is 0.183. The number of carbonyl (C=O) groups excluding carboxylic acids is 5. The van der Waals surface area contributed by atoms with Crippen molar-refractivity contribution in [1.82, 2.24) is 15.5 Å². The number of benzene rings is 1. The first-order valence-electron chi connectivity index (χ1n) is 14.8. The van der Waals surface area contributed by atoms with Gasteiger partial charge >= 0.3 is 0 Å². The van der Waals surface area contributed by atoms with Gasteiger partial charge < -0.3 is 16.0 Å². The summed E-state index contributed by atoms with van der Waals surface area (Å²) in [4.78, 5) is 64.8. The Kier molecular flexibility index (Phi) is 10.9. The van der Waals surface area contributed by atoms with Crippen molar-refractivity contribution in [3.05, 3.63) is 29.8 Å². The Morgan fingerprint density at radius 2 is 1.62 bits per heavy atom. The maximum absolute atomic E-state index is 13.1. The average molecular weight is 555 g/mol. The number of anilines is 1. The topological polar surface area (TPSA) is 125 Å². The van der Waals surface area contributed by atoms with Crippen molar-refractivity contribution in [1.29, 1.82) is 0 Å². The molecule has 1 saturated carbocycles. The smallest absolute Gasteiger partial charge is 0.246 e. The van der Waals surface area contributed by atoms with E-state index in [2.05, 4.69) is 29.8 Å². The van der Waals surface area contributed by atoms with Crippen molar-refractivity contribution in [3.63, 3.8) is 0 Å². The molecule has 1 aliphatic heterocycles. The summed E-state index contributed by atoms with van der Waals surface area (Å²) in [6.07, 6.45) is 5.04. The number of rotatable bonds is 14. The number of nitrogens with zero attached hydrogens (tertiary/aromatic N) is 1. The number of nitrogens with one attached hydrogen (secondary N) is 3. The van der Waals surface area contributed by atoms with Gasteiger partial charge in [0.05, 0.1) is 0 Å². The highest BCUT2D eigenvalue weighted by molar-refractivity contribution is 6.07. The molecule has 2 atom stereocenters. The number of amides is 5. The molecule has 3 rings (SSSR count). The standard InChI is InChI=1S/C31H46N4O5/c1-20(2)18-23-10-12-24(13-11-23)34-27(37)22(5)33-30(40)31(14-9-15-31)29(39)32-16-7-6-8-17-35-26(36)19-25(21(3)4)28(35)38/h10-13,20-22,25H,6-9,14-19H2,1-5H3,(H,32,39)(H,33,40)(H,34,37)/t22-,25?/m0/s1. The van der Waals surface area contributed by atoms with Crippen LogP contribution in [-0.4, -0.2) is 53.6 Å². The summed E-state index contributed by atoms with van der Waals surface area (Å²) in [6.45, 7) is 10.7. The minimum absolute atomic E-state index is 0.0753. The van der Waals surface area contributed by atoms with E-state index in [1.54, 1.807) is 6.92 Å². The first kappa shape index (κ1) is 31.3. The lowest BCUT2D eigenvalue weighted by Crippen LogP contribution is -2.58. The second kappa shape index (κ2) is 13.9. The predicted molar refractivity (Wildman–Crippen MR) is 154 cm³/mol. The highest BCUT2D eigenvalue weighted by Crippen LogP contribution is 2.41. The lowest BCUT2D eigenvalue weighted by Gasteiger charge is -2.39. The molecule has 1 saturated heterocycles. The van der Waals surface area contributed by atoms with Gasteiger partial charge in [0, 0.05) is 31.1 Å². The lowest BCUT2D eigenvalue weighted by atomic mass is 9.67. The number of unbranched alkanes of at least 4 members (excludes halogenated alkanes) is 2. The fraction of sp³-hybridized carbons (Fsp3) is 0.645. The third-order valence-electron chi connectivity index (χ3n) is 8.11. The Morgan fingerprint density at radius 3 is 2.17 bits per heavy atom. The van der Waals surface area contributed by atoms with E-state index in [0.29, 0.717) is 56.8 Å². The molecule has 1 aromatic rings. The largest absolute Gasteiger partial charge is 0.355 e. The molecule has 0 spiro atoms. The summed E-state index contributed by atoms with van der Waals surface area (Å²) in [7, 11) is 0. The van der Waals surface area contributed by atoms with Crippen molar-refractivity contribution < 1.29 is 24.0 Å². The fourth-order valence-electron chi connectivity index (χ4n) is 5.34. The van der Waals surface area contributed by atoms with Gasteiger partial charge in [0.15, 0.2) is 0 Å². The Hall–Kier alpha value is -3.23. The van der Waals surface area contributed by atoms with Crippen LogP contribution in [0, 0.1) is 23.2 Å². The molecular formula is C31H46N4O5. The summed E-state index contributed by atoms with van der Waals surface area (Å²) in [6, 6.07) is 6.89. The number of hydrogen-bond acceptors (Lipinski definition) is 5. The van der Waals surface area contributed by atoms with Crippen LogP contribution in [0.5, 0.6) is 0 Å². The molecule has 0 bridgehead atoms. The van der Waals surface area contributed by atoms with E-state index >= 15 is 0 Å². The molecule has 40 heavy (non-hydrogen) atoms. The Morgan fingerprint density at radius 1 is 0.950 bits per heavy atom. The molecule has 0 radical (unpaired) electrons. The van der Waals surface area contributed by atoms with Crippen molar-refractivity contribution in [2.45, 2.75) is 92.0 Å².